The van der Waals surface area contributed by atoms with E-state index < -0.39 is 43.1 Å². The lowest BCUT2D eigenvalue weighted by molar-refractivity contribution is -0.119. The summed E-state index contributed by atoms with van der Waals surface area (Å²) in [5.74, 6) is -2.22. The van der Waals surface area contributed by atoms with Crippen LogP contribution in [0, 0.1) is 17.6 Å². The molecule has 2 aliphatic heterocycles. The van der Waals surface area contributed by atoms with Crippen molar-refractivity contribution in [2.24, 2.45) is 5.92 Å². The van der Waals surface area contributed by atoms with Crippen LogP contribution in [-0.2, 0) is 29.3 Å². The number of nitrogens with zero attached hydrogens (tertiary/aromatic N) is 2. The van der Waals surface area contributed by atoms with Gasteiger partial charge in [-0.1, -0.05) is 38.8 Å². The number of imide groups is 2. The number of phenols is 1. The fraction of sp³-hybridized carbons (Fsp3) is 0.579. The number of benzene rings is 2. The van der Waals surface area contributed by atoms with Gasteiger partial charge in [-0.05, 0) is 91.7 Å². The van der Waals surface area contributed by atoms with Crippen molar-refractivity contribution in [1.29, 1.82) is 0 Å². The highest BCUT2D eigenvalue weighted by molar-refractivity contribution is 7.91. The second-order valence-electron chi connectivity index (χ2n) is 14.9. The highest BCUT2D eigenvalue weighted by atomic mass is 32.2. The van der Waals surface area contributed by atoms with Crippen LogP contribution in [0.15, 0.2) is 36.4 Å². The van der Waals surface area contributed by atoms with Crippen LogP contribution in [-0.4, -0.2) is 111 Å². The number of nitrogens with one attached hydrogen (secondary N) is 2. The molecule has 310 valence electrons. The van der Waals surface area contributed by atoms with E-state index >= 15 is 0 Å². The number of rotatable bonds is 21. The Morgan fingerprint density at radius 1 is 0.714 bits per heavy atom. The molecule has 1 saturated carbocycles. The average molecular weight is 827 g/mol. The van der Waals surface area contributed by atoms with Crippen molar-refractivity contribution in [2.75, 3.05) is 55.8 Å². The lowest BCUT2D eigenvalue weighted by Gasteiger charge is -2.15. The van der Waals surface area contributed by atoms with Gasteiger partial charge in [0.1, 0.15) is 13.1 Å². The zero-order valence-corrected chi connectivity index (χ0v) is 33.4. The summed E-state index contributed by atoms with van der Waals surface area (Å²) in [6, 6.07) is 7.60. The van der Waals surface area contributed by atoms with E-state index in [4.69, 9.17) is 4.74 Å². The van der Waals surface area contributed by atoms with Gasteiger partial charge in [0, 0.05) is 13.1 Å². The predicted octanol–water partition coefficient (Wildman–Crippen LogP) is 4.63. The van der Waals surface area contributed by atoms with E-state index in [0.29, 0.717) is 69.7 Å². The molecule has 2 atom stereocenters. The minimum absolute atomic E-state index is 0.0102. The molecule has 2 saturated heterocycles. The Kier molecular flexibility index (Phi) is 16.0. The van der Waals surface area contributed by atoms with Crippen molar-refractivity contribution in [2.45, 2.75) is 77.0 Å². The smallest absolute Gasteiger partial charge is 0.324 e. The van der Waals surface area contributed by atoms with Crippen LogP contribution in [0.25, 0.3) is 0 Å². The van der Waals surface area contributed by atoms with E-state index in [2.05, 4.69) is 10.6 Å². The number of unbranched alkanes of at least 4 members (excludes halogenated alkanes) is 4. The summed E-state index contributed by atoms with van der Waals surface area (Å²) in [6.07, 6.45) is 5.73. The molecule has 3 N–H and O–H groups in total. The number of hydrogen-bond acceptors (Lipinski definition) is 10. The van der Waals surface area contributed by atoms with Crippen LogP contribution < -0.4 is 15.4 Å². The third-order valence-corrected chi connectivity index (χ3v) is 13.6. The lowest BCUT2D eigenvalue weighted by atomic mass is 10.0. The van der Waals surface area contributed by atoms with Crippen LogP contribution in [0.1, 0.15) is 88.2 Å². The van der Waals surface area contributed by atoms with Crippen molar-refractivity contribution in [1.82, 2.24) is 20.4 Å². The topological polar surface area (TPSA) is 197 Å². The Hall–Kier alpha value is -4.32. The minimum Gasteiger partial charge on any atom is -0.505 e. The van der Waals surface area contributed by atoms with Gasteiger partial charge >= 0.3 is 12.1 Å². The number of urea groups is 2. The molecule has 0 bridgehead atoms. The van der Waals surface area contributed by atoms with Crippen molar-refractivity contribution in [3.63, 3.8) is 0 Å². The molecule has 1 aliphatic carbocycles. The third kappa shape index (κ3) is 14.6. The van der Waals surface area contributed by atoms with E-state index in [1.165, 1.54) is 28.0 Å². The Balaban J connectivity index is 0.000000251. The number of hydrogen-bond donors (Lipinski definition) is 3. The lowest BCUT2D eigenvalue weighted by Crippen LogP contribution is -2.29. The van der Waals surface area contributed by atoms with Crippen LogP contribution in [0.5, 0.6) is 11.5 Å². The number of ether oxygens (including phenoxy) is 1. The molecule has 0 unspecified atom stereocenters. The van der Waals surface area contributed by atoms with Gasteiger partial charge < -0.3 is 19.6 Å². The summed E-state index contributed by atoms with van der Waals surface area (Å²) >= 11 is 0. The molecule has 3 aliphatic rings. The Morgan fingerprint density at radius 3 is 1.61 bits per heavy atom. The number of carbonyl (C=O) groups excluding carboxylic acids is 4. The first-order chi connectivity index (χ1) is 26.4. The molecule has 2 heterocycles. The number of halogens is 2. The molecule has 6 amide bonds. The van der Waals surface area contributed by atoms with E-state index in [-0.39, 0.29) is 71.5 Å². The van der Waals surface area contributed by atoms with Gasteiger partial charge in [0.05, 0.1) is 29.6 Å². The second-order valence-corrected chi connectivity index (χ2v) is 19.3. The molecule has 0 spiro atoms. The predicted molar refractivity (Wildman–Crippen MR) is 205 cm³/mol. The second kappa shape index (κ2) is 20.2. The van der Waals surface area contributed by atoms with E-state index in [1.807, 2.05) is 6.92 Å². The van der Waals surface area contributed by atoms with Gasteiger partial charge in [-0.15, -0.1) is 0 Å². The fourth-order valence-corrected chi connectivity index (χ4v) is 9.85. The standard InChI is InChI=1S/C21H29FN2O5S.C17H23FN2O5S/c1-15(17-7-8-18(22)19(11-17)29-13-16-5-6-16)14-30(27,28)10-4-2-3-9-24-12-20(25)23-21(24)26;1-12(13-5-6-14(18)15(21)9-13)11-26(24,25)8-4-2-3-7-20-10-16(22)19-17(20)23/h7-8,11,15-16H,2-6,9-10,12-14H2,1H3,(H,23,25,26);5-6,9,12,21H,2-4,7-8,10-11H2,1H3,(H,19,22,23)/t15-;12-/m00/s1. The molecule has 0 radical (unpaired) electrons. The maximum absolute atomic E-state index is 13.9. The monoisotopic (exact) mass is 826 g/mol. The molecule has 5 rings (SSSR count). The van der Waals surface area contributed by atoms with Crippen molar-refractivity contribution in [3.8, 4) is 11.5 Å². The Labute approximate surface area is 327 Å². The maximum Gasteiger partial charge on any atom is 0.324 e. The van der Waals surface area contributed by atoms with Gasteiger partial charge in [-0.3, -0.25) is 20.2 Å². The van der Waals surface area contributed by atoms with E-state index in [0.717, 1.165) is 24.5 Å². The maximum atomic E-state index is 13.9. The molecule has 2 aromatic carbocycles. The number of sulfone groups is 2. The molecule has 3 fully saturated rings. The summed E-state index contributed by atoms with van der Waals surface area (Å²) in [7, 11) is -6.56. The van der Waals surface area contributed by atoms with Crippen LogP contribution in [0.3, 0.4) is 0 Å². The zero-order chi connectivity index (χ0) is 41.0. The van der Waals surface area contributed by atoms with Gasteiger partial charge in [0.25, 0.3) is 0 Å². The summed E-state index contributed by atoms with van der Waals surface area (Å²) in [5, 5.41) is 13.8. The highest BCUT2D eigenvalue weighted by Gasteiger charge is 2.27. The summed E-state index contributed by atoms with van der Waals surface area (Å²) in [5.41, 5.74) is 1.31. The molecule has 2 aromatic rings. The summed E-state index contributed by atoms with van der Waals surface area (Å²) < 4.78 is 82.0. The van der Waals surface area contributed by atoms with Gasteiger partial charge in [-0.25, -0.2) is 35.2 Å². The first-order valence-electron chi connectivity index (χ1n) is 18.9. The molecular formula is C38H52F2N4O10S2. The van der Waals surface area contributed by atoms with Crippen molar-refractivity contribution in [3.05, 3.63) is 59.2 Å². The number of carbonyl (C=O) groups is 4. The summed E-state index contributed by atoms with van der Waals surface area (Å²) in [6.45, 7) is 5.01. The third-order valence-electron chi connectivity index (χ3n) is 9.75. The molecule has 56 heavy (non-hydrogen) atoms. The number of amides is 6. The van der Waals surface area contributed by atoms with Gasteiger partial charge in [0.15, 0.2) is 42.8 Å². The molecular weight excluding hydrogens is 775 g/mol. The number of phenolic OH excluding ortho intramolecular Hbond substituents is 1. The number of aromatic hydroxyl groups is 1. The molecule has 0 aromatic heterocycles. The largest absolute Gasteiger partial charge is 0.505 e. The fourth-order valence-electron chi connectivity index (χ4n) is 6.32. The minimum atomic E-state index is -3.29. The highest BCUT2D eigenvalue weighted by Crippen LogP contribution is 2.31. The van der Waals surface area contributed by atoms with E-state index in [9.17, 15) is 49.9 Å². The Bertz CT molecular complexity index is 1940. The van der Waals surface area contributed by atoms with E-state index in [1.54, 1.807) is 19.1 Å². The van der Waals surface area contributed by atoms with Gasteiger partial charge in [-0.2, -0.15) is 0 Å². The van der Waals surface area contributed by atoms with Crippen LogP contribution >= 0.6 is 0 Å². The normalized spacial score (nSPS) is 17.0. The average Bonchev–Trinajstić information content (AvgIpc) is 3.81. The molecule has 18 heteroatoms. The quantitative estimate of drug-likeness (QED) is 0.118. The first-order valence-corrected chi connectivity index (χ1v) is 22.5. The SMILES string of the molecule is C[C@@H](CS(=O)(=O)CCCCCN1CC(=O)NC1=O)c1ccc(F)c(O)c1.C[C@@H](CS(=O)(=O)CCCCCN1CC(=O)NC1=O)c1ccc(F)c(OCC2CC2)c1. The zero-order valence-electron chi connectivity index (χ0n) is 31.8. The molecule has 14 nitrogen and oxygen atoms in total. The van der Waals surface area contributed by atoms with Crippen molar-refractivity contribution >= 4 is 43.6 Å². The van der Waals surface area contributed by atoms with Crippen LogP contribution in [0.2, 0.25) is 0 Å². The van der Waals surface area contributed by atoms with Gasteiger partial charge in [0.2, 0.25) is 11.8 Å². The summed E-state index contributed by atoms with van der Waals surface area (Å²) in [4.78, 5) is 47.8. The van der Waals surface area contributed by atoms with Crippen molar-refractivity contribution < 1.29 is 54.6 Å². The first kappa shape index (κ1) is 44.4. The Morgan fingerprint density at radius 2 is 1.18 bits per heavy atom. The van der Waals surface area contributed by atoms with Crippen LogP contribution in [0.4, 0.5) is 18.4 Å².